The van der Waals surface area contributed by atoms with Crippen molar-refractivity contribution in [2.45, 2.75) is 0 Å². The highest BCUT2D eigenvalue weighted by Crippen LogP contribution is 2.49. The number of fused-ring (bicyclic) bond motifs is 4. The summed E-state index contributed by atoms with van der Waals surface area (Å²) < 4.78 is 0. The van der Waals surface area contributed by atoms with Crippen molar-refractivity contribution >= 4 is 21.7 Å². The first-order valence-corrected chi connectivity index (χ1v) is 16.9. The molecule has 1 aliphatic carbocycles. The molecular formula is C47H29N3. The molecule has 0 N–H and O–H groups in total. The molecule has 0 spiro atoms. The van der Waals surface area contributed by atoms with E-state index in [1.165, 1.54) is 44.2 Å². The zero-order valence-corrected chi connectivity index (χ0v) is 27.1. The number of pyridine rings is 1. The van der Waals surface area contributed by atoms with Crippen molar-refractivity contribution in [3.63, 3.8) is 0 Å². The van der Waals surface area contributed by atoms with Gasteiger partial charge in [0.15, 0.2) is 5.82 Å². The first-order chi connectivity index (χ1) is 24.8. The summed E-state index contributed by atoms with van der Waals surface area (Å²) in [6, 6.07) is 60.1. The SMILES string of the molecule is c1ccc(-c2nc(-c3ccc(-c4ccc5c6c(cccc46)-c4ccccc4-5)cc3)cc(-c3ccc(-c4cccc5cccnc45)cc3)n2)cc1. The third-order valence-electron chi connectivity index (χ3n) is 9.92. The fraction of sp³-hybridized carbons (Fsp3) is 0. The molecule has 3 nitrogen and oxygen atoms in total. The Morgan fingerprint density at radius 1 is 0.340 bits per heavy atom. The zero-order chi connectivity index (χ0) is 33.0. The first kappa shape index (κ1) is 28.3. The summed E-state index contributed by atoms with van der Waals surface area (Å²) in [4.78, 5) is 14.8. The fourth-order valence-corrected chi connectivity index (χ4v) is 7.50. The summed E-state index contributed by atoms with van der Waals surface area (Å²) in [6.45, 7) is 0. The predicted molar refractivity (Wildman–Crippen MR) is 206 cm³/mol. The molecule has 2 aromatic heterocycles. The van der Waals surface area contributed by atoms with Crippen LogP contribution in [-0.2, 0) is 0 Å². The second-order valence-electron chi connectivity index (χ2n) is 12.8. The quantitative estimate of drug-likeness (QED) is 0.189. The Labute approximate surface area is 290 Å². The van der Waals surface area contributed by atoms with Crippen LogP contribution in [0.3, 0.4) is 0 Å². The van der Waals surface area contributed by atoms with Crippen molar-refractivity contribution in [1.29, 1.82) is 0 Å². The van der Waals surface area contributed by atoms with E-state index in [0.29, 0.717) is 5.82 Å². The van der Waals surface area contributed by atoms with Crippen molar-refractivity contribution in [1.82, 2.24) is 15.0 Å². The van der Waals surface area contributed by atoms with Gasteiger partial charge >= 0.3 is 0 Å². The Hall–Kier alpha value is -6.71. The largest absolute Gasteiger partial charge is 0.256 e. The first-order valence-electron chi connectivity index (χ1n) is 16.9. The van der Waals surface area contributed by atoms with E-state index < -0.39 is 0 Å². The molecule has 0 aliphatic heterocycles. The van der Waals surface area contributed by atoms with Crippen LogP contribution in [0.15, 0.2) is 176 Å². The van der Waals surface area contributed by atoms with Crippen molar-refractivity contribution < 1.29 is 0 Å². The molecule has 0 atom stereocenters. The van der Waals surface area contributed by atoms with Crippen molar-refractivity contribution in [3.8, 4) is 78.4 Å². The van der Waals surface area contributed by atoms with Gasteiger partial charge in [-0.25, -0.2) is 9.97 Å². The van der Waals surface area contributed by atoms with Crippen LogP contribution in [0.1, 0.15) is 0 Å². The minimum atomic E-state index is 0.705. The molecule has 0 bridgehead atoms. The predicted octanol–water partition coefficient (Wildman–Crippen LogP) is 12.2. The third kappa shape index (κ3) is 4.63. The Morgan fingerprint density at radius 3 is 1.60 bits per heavy atom. The van der Waals surface area contributed by atoms with E-state index in [1.807, 2.05) is 30.5 Å². The second-order valence-corrected chi connectivity index (χ2v) is 12.8. The van der Waals surface area contributed by atoms with Gasteiger partial charge in [0.1, 0.15) is 0 Å². The maximum absolute atomic E-state index is 5.09. The van der Waals surface area contributed by atoms with E-state index in [1.54, 1.807) is 0 Å². The van der Waals surface area contributed by atoms with E-state index in [9.17, 15) is 0 Å². The van der Waals surface area contributed by atoms with E-state index in [-0.39, 0.29) is 0 Å². The van der Waals surface area contributed by atoms with Gasteiger partial charge in [0.2, 0.25) is 0 Å². The van der Waals surface area contributed by atoms with Crippen molar-refractivity contribution in [2.75, 3.05) is 0 Å². The molecule has 2 heterocycles. The fourth-order valence-electron chi connectivity index (χ4n) is 7.50. The van der Waals surface area contributed by atoms with Crippen molar-refractivity contribution in [2.24, 2.45) is 0 Å². The normalized spacial score (nSPS) is 11.6. The van der Waals surface area contributed by atoms with Crippen LogP contribution in [0.5, 0.6) is 0 Å². The van der Waals surface area contributed by atoms with Gasteiger partial charge in [-0.05, 0) is 61.8 Å². The minimum absolute atomic E-state index is 0.705. The minimum Gasteiger partial charge on any atom is -0.256 e. The van der Waals surface area contributed by atoms with Crippen LogP contribution in [-0.4, -0.2) is 15.0 Å². The number of hydrogen-bond donors (Lipinski definition) is 0. The van der Waals surface area contributed by atoms with Crippen LogP contribution in [0.4, 0.5) is 0 Å². The van der Waals surface area contributed by atoms with Gasteiger partial charge in [-0.3, -0.25) is 4.98 Å². The smallest absolute Gasteiger partial charge is 0.160 e. The van der Waals surface area contributed by atoms with E-state index >= 15 is 0 Å². The summed E-state index contributed by atoms with van der Waals surface area (Å²) in [5.41, 5.74) is 15.8. The molecule has 10 rings (SSSR count). The molecule has 50 heavy (non-hydrogen) atoms. The molecule has 0 saturated carbocycles. The molecule has 7 aromatic carbocycles. The molecule has 9 aromatic rings. The second kappa shape index (κ2) is 11.5. The van der Waals surface area contributed by atoms with Crippen LogP contribution in [0.25, 0.3) is 100 Å². The Kier molecular flexibility index (Phi) is 6.49. The van der Waals surface area contributed by atoms with Gasteiger partial charge in [0.05, 0.1) is 16.9 Å². The molecule has 0 saturated heterocycles. The Balaban J connectivity index is 1.04. The molecule has 232 valence electrons. The molecule has 0 unspecified atom stereocenters. The molecule has 1 aliphatic rings. The topological polar surface area (TPSA) is 38.7 Å². The molecule has 0 amide bonds. The lowest BCUT2D eigenvalue weighted by Crippen LogP contribution is -1.96. The van der Waals surface area contributed by atoms with E-state index in [2.05, 4.69) is 151 Å². The standard InChI is InChI=1S/C47H29N3/c1-2-9-35(10-3-1)47-49-43(29-44(50-47)33-24-20-31(21-25-33)37-15-6-11-34-12-8-28-48-46(34)37)32-22-18-30(19-23-32)36-26-27-42-39-14-5-4-13-38(39)41-17-7-16-40(36)45(41)42/h1-29H. The number of rotatable bonds is 5. The van der Waals surface area contributed by atoms with Crippen LogP contribution >= 0.6 is 0 Å². The summed E-state index contributed by atoms with van der Waals surface area (Å²) in [5, 5.41) is 3.75. The molecule has 0 radical (unpaired) electrons. The van der Waals surface area contributed by atoms with Crippen LogP contribution < -0.4 is 0 Å². The number of hydrogen-bond acceptors (Lipinski definition) is 3. The van der Waals surface area contributed by atoms with Gasteiger partial charge in [0.25, 0.3) is 0 Å². The number of benzene rings is 7. The Morgan fingerprint density at radius 2 is 0.880 bits per heavy atom. The molecule has 3 heteroatoms. The van der Waals surface area contributed by atoms with E-state index in [0.717, 1.165) is 50.1 Å². The highest BCUT2D eigenvalue weighted by Gasteiger charge is 2.22. The summed E-state index contributed by atoms with van der Waals surface area (Å²) in [7, 11) is 0. The van der Waals surface area contributed by atoms with Gasteiger partial charge in [-0.15, -0.1) is 0 Å². The highest BCUT2D eigenvalue weighted by atomic mass is 14.9. The van der Waals surface area contributed by atoms with Crippen LogP contribution in [0.2, 0.25) is 0 Å². The highest BCUT2D eigenvalue weighted by molar-refractivity contribution is 6.18. The van der Waals surface area contributed by atoms with Crippen molar-refractivity contribution in [3.05, 3.63) is 176 Å². The third-order valence-corrected chi connectivity index (χ3v) is 9.92. The summed E-state index contributed by atoms with van der Waals surface area (Å²) in [6.07, 6.45) is 1.85. The maximum Gasteiger partial charge on any atom is 0.160 e. The number of aromatic nitrogens is 3. The average Bonchev–Trinajstić information content (AvgIpc) is 3.53. The van der Waals surface area contributed by atoms with Gasteiger partial charge in [-0.1, -0.05) is 158 Å². The average molecular weight is 636 g/mol. The number of nitrogens with zero attached hydrogens (tertiary/aromatic N) is 3. The lowest BCUT2D eigenvalue weighted by molar-refractivity contribution is 1.18. The monoisotopic (exact) mass is 635 g/mol. The van der Waals surface area contributed by atoms with Crippen LogP contribution in [0, 0.1) is 0 Å². The summed E-state index contributed by atoms with van der Waals surface area (Å²) in [5.74, 6) is 0.705. The summed E-state index contributed by atoms with van der Waals surface area (Å²) >= 11 is 0. The van der Waals surface area contributed by atoms with E-state index in [4.69, 9.17) is 9.97 Å². The zero-order valence-electron chi connectivity index (χ0n) is 27.1. The lowest BCUT2D eigenvalue weighted by Gasteiger charge is -2.12. The maximum atomic E-state index is 5.09. The van der Waals surface area contributed by atoms with Gasteiger partial charge in [0, 0.05) is 33.8 Å². The number of para-hydroxylation sites is 1. The van der Waals surface area contributed by atoms with Gasteiger partial charge < -0.3 is 0 Å². The lowest BCUT2D eigenvalue weighted by atomic mass is 9.93. The van der Waals surface area contributed by atoms with Gasteiger partial charge in [-0.2, -0.15) is 0 Å². The molecule has 0 fully saturated rings. The molecular weight excluding hydrogens is 607 g/mol. The Bertz CT molecular complexity index is 2700.